The van der Waals surface area contributed by atoms with Crippen LogP contribution in [0.3, 0.4) is 0 Å². The smallest absolute Gasteiger partial charge is 0.323 e. The van der Waals surface area contributed by atoms with Gasteiger partial charge in [-0.2, -0.15) is 0 Å². The Balaban J connectivity index is 2.12. The summed E-state index contributed by atoms with van der Waals surface area (Å²) in [4.78, 5) is 13.6. The molecular weight excluding hydrogens is 256 g/mol. The number of nitrogens with zero attached hydrogens (tertiary/aromatic N) is 1. The second kappa shape index (κ2) is 8.60. The summed E-state index contributed by atoms with van der Waals surface area (Å²) < 4.78 is 5.61. The molecule has 1 fully saturated rings. The highest BCUT2D eigenvalue weighted by Gasteiger charge is 2.34. The third-order valence-electron chi connectivity index (χ3n) is 4.30. The number of rotatable bonds is 12. The highest BCUT2D eigenvalue weighted by molar-refractivity contribution is 5.78. The maximum atomic E-state index is 11.3. The van der Waals surface area contributed by atoms with Gasteiger partial charge < -0.3 is 20.1 Å². The van der Waals surface area contributed by atoms with Crippen molar-refractivity contribution in [2.24, 2.45) is 5.92 Å². The van der Waals surface area contributed by atoms with Crippen LogP contribution in [0.4, 0.5) is 0 Å². The summed E-state index contributed by atoms with van der Waals surface area (Å²) in [6.07, 6.45) is 4.79. The highest BCUT2D eigenvalue weighted by Crippen LogP contribution is 2.28. The summed E-state index contributed by atoms with van der Waals surface area (Å²) in [5.74, 6) is 0.0644. The average molecular weight is 286 g/mol. The van der Waals surface area contributed by atoms with Gasteiger partial charge in [-0.1, -0.05) is 6.92 Å². The molecule has 1 aliphatic rings. The highest BCUT2D eigenvalue weighted by atomic mass is 16.5. The topological polar surface area (TPSA) is 61.8 Å². The van der Waals surface area contributed by atoms with Crippen molar-refractivity contribution in [1.82, 2.24) is 10.2 Å². The molecule has 1 saturated carbocycles. The molecule has 20 heavy (non-hydrogen) atoms. The number of aliphatic carboxylic acids is 1. The van der Waals surface area contributed by atoms with Gasteiger partial charge in [0.05, 0.1) is 6.61 Å². The van der Waals surface area contributed by atoms with E-state index in [1.54, 1.807) is 7.05 Å². The lowest BCUT2D eigenvalue weighted by Gasteiger charge is -2.28. The first-order valence-corrected chi connectivity index (χ1v) is 7.72. The molecule has 1 atom stereocenters. The van der Waals surface area contributed by atoms with Crippen LogP contribution in [-0.2, 0) is 9.53 Å². The van der Waals surface area contributed by atoms with Crippen molar-refractivity contribution in [2.75, 3.05) is 40.4 Å². The first-order chi connectivity index (χ1) is 9.54. The number of hydrogen-bond donors (Lipinski definition) is 2. The molecule has 0 spiro atoms. The van der Waals surface area contributed by atoms with Crippen molar-refractivity contribution in [3.8, 4) is 0 Å². The fourth-order valence-electron chi connectivity index (χ4n) is 2.36. The Morgan fingerprint density at radius 1 is 1.45 bits per heavy atom. The molecule has 1 aliphatic carbocycles. The van der Waals surface area contributed by atoms with E-state index in [4.69, 9.17) is 4.74 Å². The predicted octanol–water partition coefficient (Wildman–Crippen LogP) is 1.58. The molecule has 0 radical (unpaired) electrons. The maximum Gasteiger partial charge on any atom is 0.323 e. The molecule has 0 aliphatic heterocycles. The van der Waals surface area contributed by atoms with Gasteiger partial charge in [-0.15, -0.1) is 0 Å². The number of carboxylic acid groups (broad SMARTS) is 1. The molecular formula is C15H30N2O3. The second-order valence-electron chi connectivity index (χ2n) is 5.92. The van der Waals surface area contributed by atoms with Crippen LogP contribution in [0.15, 0.2) is 0 Å². The van der Waals surface area contributed by atoms with Gasteiger partial charge in [-0.25, -0.2) is 0 Å². The maximum absolute atomic E-state index is 11.3. The van der Waals surface area contributed by atoms with Gasteiger partial charge in [0, 0.05) is 13.2 Å². The number of nitrogens with one attached hydrogen (secondary N) is 1. The molecule has 0 aromatic rings. The van der Waals surface area contributed by atoms with Crippen molar-refractivity contribution in [1.29, 1.82) is 0 Å². The van der Waals surface area contributed by atoms with E-state index in [2.05, 4.69) is 17.3 Å². The van der Waals surface area contributed by atoms with E-state index in [-0.39, 0.29) is 0 Å². The number of likely N-dealkylation sites (N-methyl/N-ethyl adjacent to an activating group) is 2. The summed E-state index contributed by atoms with van der Waals surface area (Å²) in [5, 5.41) is 12.3. The van der Waals surface area contributed by atoms with E-state index in [0.717, 1.165) is 38.6 Å². The van der Waals surface area contributed by atoms with E-state index in [1.807, 2.05) is 6.92 Å². The van der Waals surface area contributed by atoms with Crippen LogP contribution in [0.2, 0.25) is 0 Å². The summed E-state index contributed by atoms with van der Waals surface area (Å²) in [5.41, 5.74) is -0.774. The third-order valence-corrected chi connectivity index (χ3v) is 4.30. The summed E-state index contributed by atoms with van der Waals surface area (Å²) >= 11 is 0. The van der Waals surface area contributed by atoms with E-state index in [9.17, 15) is 9.90 Å². The molecule has 5 nitrogen and oxygen atoms in total. The van der Waals surface area contributed by atoms with E-state index in [0.29, 0.717) is 12.8 Å². The van der Waals surface area contributed by atoms with Crippen molar-refractivity contribution in [3.05, 3.63) is 0 Å². The van der Waals surface area contributed by atoms with Crippen LogP contribution in [0.5, 0.6) is 0 Å². The number of carbonyl (C=O) groups is 1. The lowest BCUT2D eigenvalue weighted by molar-refractivity contribution is -0.145. The number of carboxylic acids is 1. The lowest BCUT2D eigenvalue weighted by atomic mass is 9.90. The third kappa shape index (κ3) is 5.77. The summed E-state index contributed by atoms with van der Waals surface area (Å²) in [6, 6.07) is 0. The first-order valence-electron chi connectivity index (χ1n) is 7.72. The Hall–Kier alpha value is -0.650. The minimum Gasteiger partial charge on any atom is -0.480 e. The normalized spacial score (nSPS) is 18.2. The SMILES string of the molecule is CCC(CCCN(C)CCOCC1CC1)(NC)C(=O)O. The fourth-order valence-corrected chi connectivity index (χ4v) is 2.36. The first kappa shape index (κ1) is 17.4. The monoisotopic (exact) mass is 286 g/mol. The molecule has 0 amide bonds. The summed E-state index contributed by atoms with van der Waals surface area (Å²) in [6.45, 7) is 5.42. The van der Waals surface area contributed by atoms with E-state index in [1.165, 1.54) is 12.8 Å². The number of hydrogen-bond acceptors (Lipinski definition) is 4. The Bertz CT molecular complexity index is 289. The molecule has 1 rings (SSSR count). The van der Waals surface area contributed by atoms with Crippen molar-refractivity contribution < 1.29 is 14.6 Å². The lowest BCUT2D eigenvalue weighted by Crippen LogP contribution is -2.50. The van der Waals surface area contributed by atoms with E-state index < -0.39 is 11.5 Å². The molecule has 0 saturated heterocycles. The molecule has 118 valence electrons. The van der Waals surface area contributed by atoms with Crippen molar-refractivity contribution >= 4 is 5.97 Å². The van der Waals surface area contributed by atoms with Crippen molar-refractivity contribution in [2.45, 2.75) is 44.6 Å². The van der Waals surface area contributed by atoms with Gasteiger partial charge in [0.2, 0.25) is 0 Å². The Kier molecular flexibility index (Phi) is 7.48. The number of ether oxygens (including phenoxy) is 1. The summed E-state index contributed by atoms with van der Waals surface area (Å²) in [7, 11) is 3.79. The van der Waals surface area contributed by atoms with Crippen molar-refractivity contribution in [3.63, 3.8) is 0 Å². The van der Waals surface area contributed by atoms with Crippen LogP contribution in [0.25, 0.3) is 0 Å². The Morgan fingerprint density at radius 3 is 2.65 bits per heavy atom. The zero-order chi connectivity index (χ0) is 15.0. The Labute approximate surface area is 122 Å². The Morgan fingerprint density at radius 2 is 2.15 bits per heavy atom. The quantitative estimate of drug-likeness (QED) is 0.533. The minimum absolute atomic E-state index is 0.604. The van der Waals surface area contributed by atoms with Gasteiger partial charge in [0.15, 0.2) is 0 Å². The van der Waals surface area contributed by atoms with Crippen LogP contribution in [-0.4, -0.2) is 61.9 Å². The standard InChI is InChI=1S/C15H30N2O3/c1-4-15(16-2,14(18)19)8-5-9-17(3)10-11-20-12-13-6-7-13/h13,16H,4-12H2,1-3H3,(H,18,19). The molecule has 0 heterocycles. The van der Waals surface area contributed by atoms with Gasteiger partial charge in [-0.3, -0.25) is 4.79 Å². The molecule has 0 aromatic heterocycles. The molecule has 1 unspecified atom stereocenters. The van der Waals surface area contributed by atoms with E-state index >= 15 is 0 Å². The van der Waals surface area contributed by atoms with Crippen LogP contribution >= 0.6 is 0 Å². The molecule has 5 heteroatoms. The van der Waals surface area contributed by atoms with Crippen LogP contribution in [0, 0.1) is 5.92 Å². The second-order valence-corrected chi connectivity index (χ2v) is 5.92. The largest absolute Gasteiger partial charge is 0.480 e. The zero-order valence-corrected chi connectivity index (χ0v) is 13.2. The van der Waals surface area contributed by atoms with Gasteiger partial charge >= 0.3 is 5.97 Å². The zero-order valence-electron chi connectivity index (χ0n) is 13.2. The van der Waals surface area contributed by atoms with Gasteiger partial charge in [0.1, 0.15) is 5.54 Å². The molecule has 2 N–H and O–H groups in total. The fraction of sp³-hybridized carbons (Fsp3) is 0.933. The van der Waals surface area contributed by atoms with Gasteiger partial charge in [0.25, 0.3) is 0 Å². The average Bonchev–Trinajstić information content (AvgIpc) is 3.24. The minimum atomic E-state index is -0.774. The molecule has 0 aromatic carbocycles. The predicted molar refractivity (Wildman–Crippen MR) is 80.0 cm³/mol. The van der Waals surface area contributed by atoms with Gasteiger partial charge in [-0.05, 0) is 58.7 Å². The van der Waals surface area contributed by atoms with Crippen LogP contribution < -0.4 is 5.32 Å². The van der Waals surface area contributed by atoms with Crippen LogP contribution in [0.1, 0.15) is 39.0 Å². The molecule has 0 bridgehead atoms.